The molecule has 2 fully saturated rings. The summed E-state index contributed by atoms with van der Waals surface area (Å²) in [6.45, 7) is 38.1. The third kappa shape index (κ3) is 45.7. The van der Waals surface area contributed by atoms with Gasteiger partial charge in [-0.3, -0.25) is 21.3 Å². The maximum absolute atomic E-state index is 11.6. The number of nitrogens with zero attached hydrogens (tertiary/aromatic N) is 15. The SMILES string of the molecule is C.CN1CC[C@@H](N)C1.CNCC(C)(C)C.COC(=O)Nc1ccc(C)c(N)c1.COC(=O)Nc1ccc(C)c(Nc2nc(Cl)nc(Cl)n2)c1.COC(=O)Nc1ccc(C)c(Nc2nc(Cl)nc(N(C)CC(C)(C)C)n2)c1.COC(=O)Nc1ccc(C)c(Nc2nc(N[C@@H]3CCNC3)nc(N(C)CC(C)(C)C)n2)c1.Cc1ccc(N)cc1C.Cl.Clc1nc(Cl)nc(Cl)n1. The smallest absolute Gasteiger partial charge is 0.411 e. The fourth-order valence-electron chi connectivity index (χ4n) is 11.0. The van der Waals surface area contributed by atoms with E-state index in [1.54, 1.807) is 36.4 Å². The summed E-state index contributed by atoms with van der Waals surface area (Å²) in [5, 5.41) is 29.7. The van der Waals surface area contributed by atoms with E-state index in [1.807, 2.05) is 113 Å². The summed E-state index contributed by atoms with van der Waals surface area (Å²) in [4.78, 5) is 99.8. The van der Waals surface area contributed by atoms with Crippen molar-refractivity contribution in [3.63, 3.8) is 0 Å². The number of carbonyl (C=O) groups excluding carboxylic acids is 4. The molecule has 2 aliphatic heterocycles. The van der Waals surface area contributed by atoms with Crippen LogP contribution in [0, 0.1) is 57.8 Å². The second kappa shape index (κ2) is 55.3. The third-order valence-electron chi connectivity index (χ3n) is 17.0. The molecular weight excluding hydrogens is 1780 g/mol. The number of anilines is 15. The van der Waals surface area contributed by atoms with Crippen LogP contribution in [0.5, 0.6) is 0 Å². The molecule has 9 aromatic rings. The lowest BCUT2D eigenvalue weighted by molar-refractivity contribution is 0.186. The first-order valence-corrected chi connectivity index (χ1v) is 41.5. The Kier molecular flexibility index (Phi) is 49.0. The van der Waals surface area contributed by atoms with Gasteiger partial charge in [0, 0.05) is 104 Å². The number of aromatic nitrogens is 12. The molecule has 43 heteroatoms. The van der Waals surface area contributed by atoms with Gasteiger partial charge in [-0.25, -0.2) is 19.2 Å². The number of nitrogens with one attached hydrogen (secondary N) is 10. The zero-order chi connectivity index (χ0) is 93.6. The van der Waals surface area contributed by atoms with Crippen LogP contribution >= 0.6 is 82.0 Å². The zero-order valence-electron chi connectivity index (χ0n) is 75.6. The minimum absolute atomic E-state index is 0. The highest BCUT2D eigenvalue weighted by Gasteiger charge is 2.23. The van der Waals surface area contributed by atoms with Crippen LogP contribution in [-0.4, -0.2) is 204 Å². The number of methoxy groups -OCH3 is 4. The van der Waals surface area contributed by atoms with Gasteiger partial charge in [-0.15, -0.1) is 12.4 Å². The van der Waals surface area contributed by atoms with Gasteiger partial charge in [0.15, 0.2) is 0 Å². The van der Waals surface area contributed by atoms with Crippen molar-refractivity contribution in [3.8, 4) is 0 Å². The first kappa shape index (κ1) is 113. The molecule has 0 spiro atoms. The standard InChI is InChI=1S/C22H34N8O2.C18H25ClN6O2.C12H11Cl2N5O2.C9H12N2O2.C8H11N.C6H15N.C5H12N2.C3Cl3N3.CH4.ClH/c1-14-7-8-15(25-21(31)32-6)11-17(14)26-19-27-18(24-16-9-10-23-12-16)28-20(29-19)30(5)13-22(2,3)4;1-11-7-8-12(20-17(26)27-6)9-13(11)21-15-22-14(19)23-16(24-15)25(5)10-18(2,3)4;1-6-3-4-7(15-12(20)21-2)5-8(6)16-11-18-9(13)17-10(14)19-11;1-6-3-4-7(5-8(6)10)11-9(12)13-2;1-6-3-4-8(9)5-7(6)2;1-6(2,3)5-7-4;1-7-3-2-5(6)4-7;4-1-7-2(5)9-3(6)8-1;;/h7-8,11,16,23H,9-10,12-13H2,1-6H3,(H,25,31)(H2,24,26,27,28,29);7-9H,10H2,1-6H3,(H,20,26)(H,21,22,23,24);3-5H,1-2H3,(H,15,20)(H,16,17,18,19);3-5H,10H2,1-2H3,(H,11,12);3-5H,9H2,1-2H3;7H,5H2,1-4H3;5H,2-4,6H2,1H3;;1H4;1H/t16-;;;;;;5-;;;/m1.....1.../s1. The fraction of sp³-hybridized carbons (Fsp3) is 0.452. The van der Waals surface area contributed by atoms with Crippen molar-refractivity contribution >= 4 is 193 Å². The molecule has 36 nitrogen and oxygen atoms in total. The lowest BCUT2D eigenvalue weighted by Crippen LogP contribution is -2.31. The van der Waals surface area contributed by atoms with E-state index in [0.29, 0.717) is 75.3 Å². The molecular formula is C84H125Cl7N28O8. The number of likely N-dealkylation sites (N-methyl/N-ethyl adjacent to an activating group) is 1. The lowest BCUT2D eigenvalue weighted by atomic mass is 9.96. The van der Waals surface area contributed by atoms with Crippen molar-refractivity contribution in [1.82, 2.24) is 75.3 Å². The molecule has 4 aromatic heterocycles. The number of carbonyl (C=O) groups is 4. The molecule has 2 aliphatic rings. The highest BCUT2D eigenvalue weighted by Crippen LogP contribution is 2.30. The van der Waals surface area contributed by atoms with E-state index < -0.39 is 24.4 Å². The number of likely N-dealkylation sites (tertiary alicyclic amines) is 1. The molecule has 127 heavy (non-hydrogen) atoms. The molecule has 6 heterocycles. The first-order valence-electron chi connectivity index (χ1n) is 39.2. The van der Waals surface area contributed by atoms with Crippen LogP contribution in [0.15, 0.2) is 91.0 Å². The Morgan fingerprint density at radius 2 is 0.811 bits per heavy atom. The molecule has 2 atom stereocenters. The van der Waals surface area contributed by atoms with Gasteiger partial charge < -0.3 is 82.7 Å². The molecule has 16 N–H and O–H groups in total. The van der Waals surface area contributed by atoms with Crippen molar-refractivity contribution in [1.29, 1.82) is 0 Å². The van der Waals surface area contributed by atoms with Gasteiger partial charge in [0.2, 0.25) is 67.4 Å². The Hall–Kier alpha value is -10.5. The average molecular weight is 1900 g/mol. The summed E-state index contributed by atoms with van der Waals surface area (Å²) in [5.74, 6) is 2.57. The van der Waals surface area contributed by atoms with Crippen LogP contribution in [0.2, 0.25) is 31.7 Å². The number of benzene rings is 5. The van der Waals surface area contributed by atoms with Crippen molar-refractivity contribution in [2.75, 3.05) is 166 Å². The molecule has 4 amide bonds. The largest absolute Gasteiger partial charge is 0.453 e. The summed E-state index contributed by atoms with van der Waals surface area (Å²) in [7, 11) is 13.2. The van der Waals surface area contributed by atoms with Crippen molar-refractivity contribution in [2.24, 2.45) is 22.0 Å². The van der Waals surface area contributed by atoms with E-state index in [0.717, 1.165) is 85.0 Å². The van der Waals surface area contributed by atoms with E-state index in [4.69, 9.17) is 86.8 Å². The van der Waals surface area contributed by atoms with E-state index >= 15 is 0 Å². The summed E-state index contributed by atoms with van der Waals surface area (Å²) in [6.07, 6.45) is 0.0690. The van der Waals surface area contributed by atoms with Gasteiger partial charge in [-0.05, 0) is 268 Å². The van der Waals surface area contributed by atoms with Crippen molar-refractivity contribution in [2.45, 2.75) is 136 Å². The predicted molar refractivity (Wildman–Crippen MR) is 521 cm³/mol. The molecule has 11 rings (SSSR count). The van der Waals surface area contributed by atoms with Gasteiger partial charge in [0.05, 0.1) is 28.4 Å². The topological polar surface area (TPSA) is 468 Å². The van der Waals surface area contributed by atoms with E-state index in [9.17, 15) is 19.2 Å². The minimum atomic E-state index is -0.559. The minimum Gasteiger partial charge on any atom is -0.453 e. The Bertz CT molecular complexity index is 4870. The number of rotatable bonds is 17. The fourth-order valence-corrected chi connectivity index (χ4v) is 12.1. The molecule has 5 aromatic carbocycles. The predicted octanol–water partition coefficient (Wildman–Crippen LogP) is 18.4. The van der Waals surface area contributed by atoms with Crippen LogP contribution in [0.1, 0.15) is 116 Å². The number of aryl methyl sites for hydroxylation is 6. The number of halogens is 7. The van der Waals surface area contributed by atoms with Crippen LogP contribution in [0.25, 0.3) is 0 Å². The first-order chi connectivity index (χ1) is 58.5. The summed E-state index contributed by atoms with van der Waals surface area (Å²) in [5.41, 5.74) is 29.8. The molecule has 0 bridgehead atoms. The molecule has 0 unspecified atom stereocenters. The summed E-state index contributed by atoms with van der Waals surface area (Å²) in [6, 6.07) is 28.2. The van der Waals surface area contributed by atoms with Crippen LogP contribution in [0.4, 0.5) is 106 Å². The second-order valence-corrected chi connectivity index (χ2v) is 34.3. The Balaban J connectivity index is 0.000000521. The monoisotopic (exact) mass is 1900 g/mol. The summed E-state index contributed by atoms with van der Waals surface area (Å²) < 4.78 is 18.3. The number of nitrogen functional groups attached to an aromatic ring is 2. The third-order valence-corrected chi connectivity index (χ3v) is 18.0. The van der Waals surface area contributed by atoms with Gasteiger partial charge in [0.25, 0.3) is 0 Å². The Morgan fingerprint density at radius 3 is 1.12 bits per heavy atom. The van der Waals surface area contributed by atoms with Gasteiger partial charge in [-0.1, -0.05) is 100 Å². The Morgan fingerprint density at radius 1 is 0.465 bits per heavy atom. The van der Waals surface area contributed by atoms with Gasteiger partial charge >= 0.3 is 24.4 Å². The molecule has 0 saturated carbocycles. The van der Waals surface area contributed by atoms with Crippen LogP contribution in [-0.2, 0) is 18.9 Å². The maximum atomic E-state index is 11.6. The lowest BCUT2D eigenvalue weighted by Gasteiger charge is -2.27. The Labute approximate surface area is 782 Å². The highest BCUT2D eigenvalue weighted by molar-refractivity contribution is 6.33. The van der Waals surface area contributed by atoms with Crippen LogP contribution < -0.4 is 80.2 Å². The number of ether oxygens (including phenoxy) is 4. The normalized spacial score (nSPS) is 12.9. The zero-order valence-corrected chi connectivity index (χ0v) is 80.9. The highest BCUT2D eigenvalue weighted by atomic mass is 35.5. The van der Waals surface area contributed by atoms with Crippen molar-refractivity contribution < 1.29 is 38.1 Å². The number of hydrogen-bond acceptors (Lipinski definition) is 32. The molecule has 2 saturated heterocycles. The van der Waals surface area contributed by atoms with E-state index in [1.165, 1.54) is 52.5 Å². The summed E-state index contributed by atoms with van der Waals surface area (Å²) >= 11 is 33.5. The average Bonchev–Trinajstić information content (AvgIpc) is 1.19. The van der Waals surface area contributed by atoms with E-state index in [-0.39, 0.29) is 74.4 Å². The molecule has 0 radical (unpaired) electrons. The molecule has 0 aliphatic carbocycles. The second-order valence-electron chi connectivity index (χ2n) is 32.3. The molecule has 698 valence electrons. The van der Waals surface area contributed by atoms with Crippen molar-refractivity contribution in [3.05, 3.63) is 156 Å². The van der Waals surface area contributed by atoms with Crippen LogP contribution in [0.3, 0.4) is 0 Å². The van der Waals surface area contributed by atoms with Gasteiger partial charge in [0.1, 0.15) is 0 Å². The number of hydrogen-bond donors (Lipinski definition) is 13. The van der Waals surface area contributed by atoms with E-state index in [2.05, 4.69) is 220 Å². The number of amides is 4. The maximum Gasteiger partial charge on any atom is 0.411 e. The van der Waals surface area contributed by atoms with Gasteiger partial charge in [-0.2, -0.15) is 59.8 Å². The quantitative estimate of drug-likeness (QED) is 0.0297. The number of nitrogens with two attached hydrogens (primary N) is 3.